The molecular formula is C15H23N3O2. The molecule has 0 bridgehead atoms. The van der Waals surface area contributed by atoms with Crippen LogP contribution in [0.5, 0.6) is 0 Å². The number of hydrogen-bond donors (Lipinski definition) is 2. The molecule has 0 radical (unpaired) electrons. The first-order chi connectivity index (χ1) is 9.56. The molecule has 5 heteroatoms. The van der Waals surface area contributed by atoms with Gasteiger partial charge in [-0.15, -0.1) is 0 Å². The fourth-order valence-electron chi connectivity index (χ4n) is 2.48. The largest absolute Gasteiger partial charge is 0.393 e. The molecular weight excluding hydrogens is 254 g/mol. The van der Waals surface area contributed by atoms with Crippen molar-refractivity contribution in [1.29, 1.82) is 0 Å². The van der Waals surface area contributed by atoms with Gasteiger partial charge in [0.25, 0.3) is 5.91 Å². The number of carbonyl (C=O) groups excluding carboxylic acids is 1. The Morgan fingerprint density at radius 2 is 2.05 bits per heavy atom. The van der Waals surface area contributed by atoms with Crippen LogP contribution in [-0.4, -0.2) is 47.6 Å². The molecule has 0 aromatic carbocycles. The van der Waals surface area contributed by atoms with Crippen molar-refractivity contribution in [1.82, 2.24) is 9.88 Å². The van der Waals surface area contributed by atoms with Gasteiger partial charge >= 0.3 is 0 Å². The van der Waals surface area contributed by atoms with E-state index in [2.05, 4.69) is 10.3 Å². The molecule has 1 heterocycles. The SMILES string of the molecule is CN(C)C(=O)c1ccc(NCC2CCC(O)CC2)nc1. The number of aromatic nitrogens is 1. The second-order valence-corrected chi connectivity index (χ2v) is 5.69. The normalized spacial score (nSPS) is 22.4. The highest BCUT2D eigenvalue weighted by molar-refractivity contribution is 5.93. The van der Waals surface area contributed by atoms with Crippen molar-refractivity contribution in [2.75, 3.05) is 26.0 Å². The summed E-state index contributed by atoms with van der Waals surface area (Å²) in [5, 5.41) is 12.8. The zero-order chi connectivity index (χ0) is 14.5. The third-order valence-corrected chi connectivity index (χ3v) is 3.80. The van der Waals surface area contributed by atoms with Crippen LogP contribution in [0.15, 0.2) is 18.3 Å². The monoisotopic (exact) mass is 277 g/mol. The van der Waals surface area contributed by atoms with Crippen molar-refractivity contribution >= 4 is 11.7 Å². The van der Waals surface area contributed by atoms with E-state index in [-0.39, 0.29) is 12.0 Å². The highest BCUT2D eigenvalue weighted by Crippen LogP contribution is 2.24. The maximum atomic E-state index is 11.7. The molecule has 1 aliphatic carbocycles. The third-order valence-electron chi connectivity index (χ3n) is 3.80. The Labute approximate surface area is 120 Å². The lowest BCUT2D eigenvalue weighted by molar-refractivity contribution is 0.0827. The van der Waals surface area contributed by atoms with Crippen LogP contribution in [0.1, 0.15) is 36.0 Å². The summed E-state index contributed by atoms with van der Waals surface area (Å²) in [5.41, 5.74) is 0.598. The van der Waals surface area contributed by atoms with Crippen LogP contribution < -0.4 is 5.32 Å². The first kappa shape index (κ1) is 14.8. The average Bonchev–Trinajstić information content (AvgIpc) is 2.46. The van der Waals surface area contributed by atoms with Gasteiger partial charge in [-0.3, -0.25) is 4.79 Å². The number of anilines is 1. The van der Waals surface area contributed by atoms with E-state index in [0.717, 1.165) is 38.0 Å². The molecule has 1 saturated carbocycles. The fourth-order valence-corrected chi connectivity index (χ4v) is 2.48. The Kier molecular flexibility index (Phi) is 4.95. The van der Waals surface area contributed by atoms with E-state index in [4.69, 9.17) is 0 Å². The van der Waals surface area contributed by atoms with Crippen molar-refractivity contribution in [3.8, 4) is 0 Å². The molecule has 1 aromatic heterocycles. The number of amides is 1. The third kappa shape index (κ3) is 3.93. The lowest BCUT2D eigenvalue weighted by Gasteiger charge is -2.25. The van der Waals surface area contributed by atoms with Gasteiger partial charge in [0.1, 0.15) is 5.82 Å². The number of pyridine rings is 1. The smallest absolute Gasteiger partial charge is 0.254 e. The molecule has 0 spiro atoms. The van der Waals surface area contributed by atoms with Crippen LogP contribution in [0.25, 0.3) is 0 Å². The van der Waals surface area contributed by atoms with E-state index in [1.807, 2.05) is 6.07 Å². The van der Waals surface area contributed by atoms with Crippen LogP contribution in [0.2, 0.25) is 0 Å². The van der Waals surface area contributed by atoms with Gasteiger partial charge in [-0.2, -0.15) is 0 Å². The van der Waals surface area contributed by atoms with Crippen molar-refractivity contribution in [3.63, 3.8) is 0 Å². The Balaban J connectivity index is 1.83. The lowest BCUT2D eigenvalue weighted by atomic mass is 9.87. The molecule has 1 aromatic rings. The van der Waals surface area contributed by atoms with Gasteiger partial charge in [-0.05, 0) is 43.7 Å². The summed E-state index contributed by atoms with van der Waals surface area (Å²) in [5.74, 6) is 1.36. The number of nitrogens with zero attached hydrogens (tertiary/aromatic N) is 2. The molecule has 1 amide bonds. The number of aliphatic hydroxyl groups is 1. The van der Waals surface area contributed by atoms with Gasteiger partial charge in [0.15, 0.2) is 0 Å². The second kappa shape index (κ2) is 6.70. The molecule has 2 rings (SSSR count). The summed E-state index contributed by atoms with van der Waals surface area (Å²) in [6.45, 7) is 0.876. The summed E-state index contributed by atoms with van der Waals surface area (Å²) < 4.78 is 0. The highest BCUT2D eigenvalue weighted by atomic mass is 16.3. The van der Waals surface area contributed by atoms with Crippen molar-refractivity contribution in [3.05, 3.63) is 23.9 Å². The molecule has 110 valence electrons. The van der Waals surface area contributed by atoms with Gasteiger partial charge in [0.2, 0.25) is 0 Å². The molecule has 20 heavy (non-hydrogen) atoms. The topological polar surface area (TPSA) is 65.5 Å². The Morgan fingerprint density at radius 1 is 1.35 bits per heavy atom. The molecule has 1 aliphatic rings. The standard InChI is InChI=1S/C15H23N3O2/c1-18(2)15(20)12-5-8-14(17-10-12)16-9-11-3-6-13(19)7-4-11/h5,8,10-11,13,19H,3-4,6-7,9H2,1-2H3,(H,16,17). The molecule has 5 nitrogen and oxygen atoms in total. The highest BCUT2D eigenvalue weighted by Gasteiger charge is 2.19. The second-order valence-electron chi connectivity index (χ2n) is 5.69. The van der Waals surface area contributed by atoms with Crippen molar-refractivity contribution in [2.24, 2.45) is 5.92 Å². The fraction of sp³-hybridized carbons (Fsp3) is 0.600. The van der Waals surface area contributed by atoms with E-state index < -0.39 is 0 Å². The number of nitrogens with one attached hydrogen (secondary N) is 1. The van der Waals surface area contributed by atoms with Gasteiger partial charge < -0.3 is 15.3 Å². The summed E-state index contributed by atoms with van der Waals surface area (Å²) in [4.78, 5) is 17.5. The minimum absolute atomic E-state index is 0.0367. The summed E-state index contributed by atoms with van der Waals surface area (Å²) >= 11 is 0. The number of hydrogen-bond acceptors (Lipinski definition) is 4. The number of rotatable bonds is 4. The van der Waals surface area contributed by atoms with Crippen LogP contribution in [0.3, 0.4) is 0 Å². The molecule has 0 atom stereocenters. The molecule has 0 unspecified atom stereocenters. The summed E-state index contributed by atoms with van der Waals surface area (Å²) in [6.07, 6.45) is 5.42. The quantitative estimate of drug-likeness (QED) is 0.880. The predicted octanol–water partition coefficient (Wildman–Crippen LogP) is 1.75. The maximum absolute atomic E-state index is 11.7. The predicted molar refractivity (Wildman–Crippen MR) is 78.7 cm³/mol. The van der Waals surface area contributed by atoms with Crippen LogP contribution >= 0.6 is 0 Å². The minimum atomic E-state index is -0.110. The van der Waals surface area contributed by atoms with Gasteiger partial charge in [-0.1, -0.05) is 0 Å². The molecule has 0 saturated heterocycles. The van der Waals surface area contributed by atoms with E-state index in [1.54, 1.807) is 26.4 Å². The van der Waals surface area contributed by atoms with Crippen molar-refractivity contribution in [2.45, 2.75) is 31.8 Å². The molecule has 2 N–H and O–H groups in total. The van der Waals surface area contributed by atoms with Gasteiger partial charge in [0, 0.05) is 26.8 Å². The van der Waals surface area contributed by atoms with Crippen LogP contribution in [-0.2, 0) is 0 Å². The minimum Gasteiger partial charge on any atom is -0.393 e. The molecule has 0 aliphatic heterocycles. The van der Waals surface area contributed by atoms with E-state index >= 15 is 0 Å². The van der Waals surface area contributed by atoms with Gasteiger partial charge in [-0.25, -0.2) is 4.98 Å². The first-order valence-electron chi connectivity index (χ1n) is 7.16. The number of aliphatic hydroxyl groups excluding tert-OH is 1. The van der Waals surface area contributed by atoms with E-state index in [1.165, 1.54) is 4.90 Å². The summed E-state index contributed by atoms with van der Waals surface area (Å²) in [6, 6.07) is 3.64. The van der Waals surface area contributed by atoms with Gasteiger partial charge in [0.05, 0.1) is 11.7 Å². The zero-order valence-corrected chi connectivity index (χ0v) is 12.2. The average molecular weight is 277 g/mol. The first-order valence-corrected chi connectivity index (χ1v) is 7.16. The van der Waals surface area contributed by atoms with Crippen molar-refractivity contribution < 1.29 is 9.90 Å². The van der Waals surface area contributed by atoms with E-state index in [9.17, 15) is 9.90 Å². The van der Waals surface area contributed by atoms with E-state index in [0.29, 0.717) is 11.5 Å². The Bertz CT molecular complexity index is 437. The Morgan fingerprint density at radius 3 is 2.60 bits per heavy atom. The zero-order valence-electron chi connectivity index (χ0n) is 12.2. The molecule has 1 fully saturated rings. The lowest BCUT2D eigenvalue weighted by Crippen LogP contribution is -2.24. The van der Waals surface area contributed by atoms with Crippen LogP contribution in [0.4, 0.5) is 5.82 Å². The van der Waals surface area contributed by atoms with Crippen LogP contribution in [0, 0.1) is 5.92 Å². The summed E-state index contributed by atoms with van der Waals surface area (Å²) in [7, 11) is 3.46. The maximum Gasteiger partial charge on any atom is 0.254 e. The number of carbonyl (C=O) groups is 1. The Hall–Kier alpha value is -1.62.